The molecule has 1 heterocycles. The van der Waals surface area contributed by atoms with Crippen LogP contribution in [0.15, 0.2) is 65.4 Å². The zero-order valence-electron chi connectivity index (χ0n) is 15.2. The van der Waals surface area contributed by atoms with Crippen molar-refractivity contribution in [1.82, 2.24) is 5.32 Å². The fourth-order valence-corrected chi connectivity index (χ4v) is 3.46. The average Bonchev–Trinajstić information content (AvgIpc) is 3.26. The van der Waals surface area contributed by atoms with Gasteiger partial charge in [0.25, 0.3) is 0 Å². The summed E-state index contributed by atoms with van der Waals surface area (Å²) in [5.41, 5.74) is 4.17. The van der Waals surface area contributed by atoms with Crippen molar-refractivity contribution >= 4 is 17.2 Å². The van der Waals surface area contributed by atoms with E-state index in [4.69, 9.17) is 4.74 Å². The molecule has 0 bridgehead atoms. The third-order valence-electron chi connectivity index (χ3n) is 4.44. The van der Waals surface area contributed by atoms with Crippen LogP contribution in [0.3, 0.4) is 0 Å². The van der Waals surface area contributed by atoms with Crippen LogP contribution in [0.5, 0.6) is 5.75 Å². The van der Waals surface area contributed by atoms with E-state index in [0.29, 0.717) is 12.8 Å². The summed E-state index contributed by atoms with van der Waals surface area (Å²) < 4.78 is 5.12. The first-order chi connectivity index (χ1) is 13.2. The molecule has 3 rings (SSSR count). The fraction of sp³-hybridized carbons (Fsp3) is 0.227. The summed E-state index contributed by atoms with van der Waals surface area (Å²) in [4.78, 5) is 12.0. The number of hydrogen-bond donors (Lipinski definition) is 2. The van der Waals surface area contributed by atoms with Gasteiger partial charge in [-0.25, -0.2) is 0 Å². The van der Waals surface area contributed by atoms with Crippen LogP contribution in [0, 0.1) is 0 Å². The Kier molecular flexibility index (Phi) is 6.63. The van der Waals surface area contributed by atoms with E-state index in [0.717, 1.165) is 22.4 Å². The van der Waals surface area contributed by atoms with Gasteiger partial charge in [0.1, 0.15) is 5.75 Å². The third-order valence-corrected chi connectivity index (χ3v) is 5.13. The Morgan fingerprint density at radius 1 is 1.07 bits per heavy atom. The molecule has 4 nitrogen and oxygen atoms in total. The zero-order chi connectivity index (χ0) is 19.1. The summed E-state index contributed by atoms with van der Waals surface area (Å²) in [5, 5.41) is 17.2. The molecule has 0 saturated carbocycles. The molecule has 2 aromatic carbocycles. The molecular weight excluding hydrogens is 358 g/mol. The second-order valence-corrected chi connectivity index (χ2v) is 7.08. The minimum absolute atomic E-state index is 0.0697. The van der Waals surface area contributed by atoms with Crippen molar-refractivity contribution in [3.05, 3.63) is 76.5 Å². The Bertz CT molecular complexity index is 842. The van der Waals surface area contributed by atoms with Crippen LogP contribution in [-0.4, -0.2) is 24.7 Å². The van der Waals surface area contributed by atoms with Gasteiger partial charge in [0, 0.05) is 13.0 Å². The van der Waals surface area contributed by atoms with Gasteiger partial charge in [-0.3, -0.25) is 4.79 Å². The lowest BCUT2D eigenvalue weighted by molar-refractivity contribution is -0.121. The molecule has 3 aromatic rings. The highest BCUT2D eigenvalue weighted by Crippen LogP contribution is 2.24. The number of amides is 1. The summed E-state index contributed by atoms with van der Waals surface area (Å²) in [7, 11) is 1.63. The number of methoxy groups -OCH3 is 1. The highest BCUT2D eigenvalue weighted by Gasteiger charge is 2.10. The van der Waals surface area contributed by atoms with Gasteiger partial charge in [-0.15, -0.1) is 0 Å². The summed E-state index contributed by atoms with van der Waals surface area (Å²) in [6.45, 7) is 0.208. The summed E-state index contributed by atoms with van der Waals surface area (Å²) in [6.07, 6.45) is 0.323. The van der Waals surface area contributed by atoms with E-state index in [2.05, 4.69) is 16.8 Å². The van der Waals surface area contributed by atoms with Gasteiger partial charge in [-0.2, -0.15) is 11.3 Å². The molecule has 0 aliphatic carbocycles. The molecule has 0 aliphatic rings. The second-order valence-electron chi connectivity index (χ2n) is 6.30. The van der Waals surface area contributed by atoms with Crippen molar-refractivity contribution < 1.29 is 14.6 Å². The third kappa shape index (κ3) is 5.42. The van der Waals surface area contributed by atoms with E-state index in [1.165, 1.54) is 5.56 Å². The number of aliphatic hydroxyl groups excluding tert-OH is 1. The van der Waals surface area contributed by atoms with Crippen LogP contribution in [-0.2, 0) is 11.2 Å². The molecule has 0 unspecified atom stereocenters. The Balaban J connectivity index is 1.45. The highest BCUT2D eigenvalue weighted by atomic mass is 32.1. The fourth-order valence-electron chi connectivity index (χ4n) is 2.79. The van der Waals surface area contributed by atoms with Gasteiger partial charge < -0.3 is 15.2 Å². The zero-order valence-corrected chi connectivity index (χ0v) is 16.0. The van der Waals surface area contributed by atoms with Crippen LogP contribution in [0.4, 0.5) is 0 Å². The number of carbonyl (C=O) groups excluding carboxylic acids is 1. The lowest BCUT2D eigenvalue weighted by Gasteiger charge is -2.13. The summed E-state index contributed by atoms with van der Waals surface area (Å²) in [5.74, 6) is 0.733. The Hall–Kier alpha value is -2.63. The van der Waals surface area contributed by atoms with Crippen molar-refractivity contribution in [1.29, 1.82) is 0 Å². The number of thiophene rings is 1. The first-order valence-corrected chi connectivity index (χ1v) is 9.80. The number of aryl methyl sites for hydroxylation is 1. The van der Waals surface area contributed by atoms with Gasteiger partial charge >= 0.3 is 0 Å². The number of aliphatic hydroxyl groups is 1. The molecule has 5 heteroatoms. The van der Waals surface area contributed by atoms with Gasteiger partial charge in [0.15, 0.2) is 0 Å². The molecule has 1 amide bonds. The van der Waals surface area contributed by atoms with E-state index >= 15 is 0 Å². The first kappa shape index (κ1) is 19.1. The summed E-state index contributed by atoms with van der Waals surface area (Å²) in [6, 6.07) is 17.5. The number of benzene rings is 2. The molecule has 27 heavy (non-hydrogen) atoms. The normalized spacial score (nSPS) is 11.8. The number of ether oxygens (including phenoxy) is 1. The maximum absolute atomic E-state index is 12.0. The average molecular weight is 381 g/mol. The topological polar surface area (TPSA) is 58.6 Å². The number of rotatable bonds is 8. The maximum atomic E-state index is 12.0. The van der Waals surface area contributed by atoms with Crippen molar-refractivity contribution in [2.45, 2.75) is 18.9 Å². The number of hydrogen-bond acceptors (Lipinski definition) is 4. The second kappa shape index (κ2) is 9.35. The minimum atomic E-state index is -0.716. The number of nitrogens with one attached hydrogen (secondary N) is 1. The molecule has 0 fully saturated rings. The summed E-state index contributed by atoms with van der Waals surface area (Å²) >= 11 is 1.66. The lowest BCUT2D eigenvalue weighted by atomic mass is 10.0. The molecule has 0 saturated heterocycles. The van der Waals surface area contributed by atoms with Crippen molar-refractivity contribution in [2.75, 3.05) is 13.7 Å². The monoisotopic (exact) mass is 381 g/mol. The van der Waals surface area contributed by atoms with Crippen LogP contribution < -0.4 is 10.1 Å². The van der Waals surface area contributed by atoms with Crippen molar-refractivity contribution in [3.63, 3.8) is 0 Å². The Labute approximate surface area is 163 Å². The van der Waals surface area contributed by atoms with Crippen LogP contribution in [0.25, 0.3) is 11.1 Å². The smallest absolute Gasteiger partial charge is 0.220 e. The lowest BCUT2D eigenvalue weighted by Crippen LogP contribution is -2.28. The van der Waals surface area contributed by atoms with Crippen molar-refractivity contribution in [3.8, 4) is 16.9 Å². The van der Waals surface area contributed by atoms with E-state index < -0.39 is 6.10 Å². The molecule has 0 aliphatic heterocycles. The SMILES string of the molecule is COc1ccc(CCC(=O)NC[C@H](O)c2ccc(-c3ccsc3)cc2)cc1. The van der Waals surface area contributed by atoms with Crippen LogP contribution >= 0.6 is 11.3 Å². The predicted molar refractivity (Wildman–Crippen MR) is 109 cm³/mol. The standard InChI is InChI=1S/C22H23NO3S/c1-26-20-9-2-16(3-10-20)4-11-22(25)23-14-21(24)18-7-5-17(6-8-18)19-12-13-27-15-19/h2-3,5-10,12-13,15,21,24H,4,11,14H2,1H3,(H,23,25)/t21-/m0/s1. The molecular formula is C22H23NO3S. The molecule has 1 aromatic heterocycles. The van der Waals surface area contributed by atoms with Gasteiger partial charge in [0.2, 0.25) is 5.91 Å². The van der Waals surface area contributed by atoms with E-state index in [-0.39, 0.29) is 12.5 Å². The quantitative estimate of drug-likeness (QED) is 0.615. The Morgan fingerprint density at radius 3 is 2.44 bits per heavy atom. The number of carbonyl (C=O) groups is 1. The van der Waals surface area contributed by atoms with Gasteiger partial charge in [0.05, 0.1) is 13.2 Å². The molecule has 0 radical (unpaired) electrons. The Morgan fingerprint density at radius 2 is 1.81 bits per heavy atom. The van der Waals surface area contributed by atoms with Crippen LogP contribution in [0.1, 0.15) is 23.7 Å². The van der Waals surface area contributed by atoms with E-state index in [1.807, 2.05) is 53.9 Å². The molecule has 2 N–H and O–H groups in total. The van der Waals surface area contributed by atoms with E-state index in [9.17, 15) is 9.90 Å². The highest BCUT2D eigenvalue weighted by molar-refractivity contribution is 7.08. The minimum Gasteiger partial charge on any atom is -0.497 e. The van der Waals surface area contributed by atoms with Gasteiger partial charge in [-0.05, 0) is 57.6 Å². The molecule has 140 valence electrons. The van der Waals surface area contributed by atoms with Crippen LogP contribution in [0.2, 0.25) is 0 Å². The van der Waals surface area contributed by atoms with E-state index in [1.54, 1.807) is 18.4 Å². The van der Waals surface area contributed by atoms with Gasteiger partial charge in [-0.1, -0.05) is 36.4 Å². The van der Waals surface area contributed by atoms with Crippen molar-refractivity contribution in [2.24, 2.45) is 0 Å². The largest absolute Gasteiger partial charge is 0.497 e. The molecule has 0 spiro atoms. The maximum Gasteiger partial charge on any atom is 0.220 e. The molecule has 1 atom stereocenters. The first-order valence-electron chi connectivity index (χ1n) is 8.86. The predicted octanol–water partition coefficient (Wildman–Crippen LogP) is 4.21.